The van der Waals surface area contributed by atoms with E-state index in [1.165, 1.54) is 4.90 Å². The number of aliphatic hydroxyl groups is 1. The topological polar surface area (TPSA) is 112 Å². The van der Waals surface area contributed by atoms with E-state index in [9.17, 15) is 23.9 Å². The van der Waals surface area contributed by atoms with Crippen molar-refractivity contribution in [2.45, 2.75) is 94.6 Å². The molecule has 4 rings (SSSR count). The zero-order chi connectivity index (χ0) is 30.1. The summed E-state index contributed by atoms with van der Waals surface area (Å²) in [6.45, 7) is 11.7. The van der Waals surface area contributed by atoms with Crippen LogP contribution in [0.2, 0.25) is 0 Å². The van der Waals surface area contributed by atoms with Crippen molar-refractivity contribution in [2.24, 2.45) is 5.41 Å². The molecule has 226 valence electrons. The number of aromatic nitrogens is 1. The van der Waals surface area contributed by atoms with Gasteiger partial charge >= 0.3 is 257 Å². The first-order valence-electron chi connectivity index (χ1n) is 14.1. The van der Waals surface area contributed by atoms with E-state index in [4.69, 9.17) is 0 Å². The molecule has 2 aromatic rings. The van der Waals surface area contributed by atoms with Gasteiger partial charge in [-0.15, -0.1) is 0 Å². The van der Waals surface area contributed by atoms with E-state index in [1.807, 2.05) is 36.7 Å². The van der Waals surface area contributed by atoms with Crippen molar-refractivity contribution >= 4 is 29.1 Å². The molecule has 1 aromatic carbocycles. The number of nitrogens with one attached hydrogen (secondary N) is 2. The number of amides is 3. The second kappa shape index (κ2) is 12.6. The molecular formula is C30H41FIN4O4S-. The third-order valence-electron chi connectivity index (χ3n) is 7.54. The molecule has 0 unspecified atom stereocenters. The molecule has 0 radical (unpaired) electrons. The van der Waals surface area contributed by atoms with Crippen molar-refractivity contribution < 1.29 is 45.1 Å². The Hall–Kier alpha value is -2.12. The Morgan fingerprint density at radius 1 is 1.20 bits per heavy atom. The Bertz CT molecular complexity index is 1260. The van der Waals surface area contributed by atoms with Crippen LogP contribution < -0.4 is 31.8 Å². The number of alkyl halides is 3. The third-order valence-corrected chi connectivity index (χ3v) is 11.7. The van der Waals surface area contributed by atoms with Crippen LogP contribution in [0.25, 0.3) is 10.4 Å². The summed E-state index contributed by atoms with van der Waals surface area (Å²) in [4.78, 5) is 46.9. The van der Waals surface area contributed by atoms with Crippen LogP contribution >= 0.6 is 11.3 Å². The molecule has 3 N–H and O–H groups in total. The summed E-state index contributed by atoms with van der Waals surface area (Å²) in [5, 5.41) is 16.3. The first-order chi connectivity index (χ1) is 19.2. The fraction of sp³-hybridized carbons (Fsp3) is 0.600. The van der Waals surface area contributed by atoms with Crippen molar-refractivity contribution in [1.29, 1.82) is 0 Å². The zero-order valence-electron chi connectivity index (χ0n) is 24.5. The summed E-state index contributed by atoms with van der Waals surface area (Å²) in [6.07, 6.45) is -0.485. The van der Waals surface area contributed by atoms with Gasteiger partial charge in [-0.25, -0.2) is 0 Å². The van der Waals surface area contributed by atoms with E-state index in [2.05, 4.69) is 29.5 Å². The molecule has 2 aliphatic rings. The summed E-state index contributed by atoms with van der Waals surface area (Å²) in [5.41, 5.74) is 2.21. The van der Waals surface area contributed by atoms with Crippen LogP contribution in [0.3, 0.4) is 0 Å². The number of halogens is 2. The normalized spacial score (nSPS) is 21.5. The first-order valence-corrected chi connectivity index (χ1v) is 17.7. The van der Waals surface area contributed by atoms with Gasteiger partial charge in [0, 0.05) is 0 Å². The number of likely N-dealkylation sites (tertiary alicyclic amines) is 1. The van der Waals surface area contributed by atoms with Gasteiger partial charge in [-0.1, -0.05) is 0 Å². The molecule has 11 heteroatoms. The van der Waals surface area contributed by atoms with Crippen molar-refractivity contribution in [2.75, 3.05) is 11.0 Å². The number of hydrogen-bond donors (Lipinski definition) is 3. The molecule has 3 amide bonds. The monoisotopic (exact) mass is 699 g/mol. The van der Waals surface area contributed by atoms with Crippen molar-refractivity contribution in [1.82, 2.24) is 20.5 Å². The number of nitrogens with zero attached hydrogens (tertiary/aromatic N) is 2. The number of thiazole rings is 1. The van der Waals surface area contributed by atoms with Crippen molar-refractivity contribution in [3.05, 3.63) is 41.0 Å². The van der Waals surface area contributed by atoms with Crippen LogP contribution in [0.4, 0.5) is 4.39 Å². The zero-order valence-corrected chi connectivity index (χ0v) is 27.5. The summed E-state index contributed by atoms with van der Waals surface area (Å²) in [7, 11) is 0. The van der Waals surface area contributed by atoms with Gasteiger partial charge in [0.15, 0.2) is 0 Å². The summed E-state index contributed by atoms with van der Waals surface area (Å²) in [5.74, 6) is -1.61. The molecule has 1 saturated heterocycles. The molecule has 0 spiro atoms. The molecule has 4 atom stereocenters. The number of carbonyl (C=O) groups excluding carboxylic acids is 3. The first kappa shape index (κ1) is 31.8. The third kappa shape index (κ3) is 7.64. The Morgan fingerprint density at radius 3 is 2.39 bits per heavy atom. The van der Waals surface area contributed by atoms with Gasteiger partial charge in [0.2, 0.25) is 0 Å². The SMILES string of the molecule is Cc1ncsc1-c1ccc([C@H](C[I-]C(C)C)NC(=O)[C@@H]2C[C@@H](O)CN2C(=O)[C@@H](NC(=O)C2(F)CC2)C(C)(C)C)cc1. The van der Waals surface area contributed by atoms with Gasteiger partial charge in [-0.2, -0.15) is 0 Å². The molecule has 0 bridgehead atoms. The fourth-order valence-corrected chi connectivity index (χ4v) is 7.98. The van der Waals surface area contributed by atoms with E-state index in [1.54, 1.807) is 32.1 Å². The average Bonchev–Trinajstić information content (AvgIpc) is 3.32. The van der Waals surface area contributed by atoms with Crippen LogP contribution in [0.1, 0.15) is 71.2 Å². The molecule has 2 heterocycles. The Balaban J connectivity index is 1.53. The second-order valence-electron chi connectivity index (χ2n) is 12.4. The minimum absolute atomic E-state index is 0.0212. The predicted molar refractivity (Wildman–Crippen MR) is 154 cm³/mol. The standard InChI is InChI=1S/C30H41FIN4O4S/c1-17(2)32-14-22(19-7-9-20(10-8-19)24-18(3)33-16-41-24)34-26(38)23-13-21(37)15-36(23)27(39)25(29(4,5)6)35-28(40)30(31)11-12-30/h7-10,16-17,21-23,25,37H,11-15H2,1-6H3,(H,34,38)(H,35,40)/q-1/t21-,22+,23+,25-/m1/s1. The number of hydrogen-bond acceptors (Lipinski definition) is 6. The van der Waals surface area contributed by atoms with E-state index in [-0.39, 0.29) is 59.0 Å². The van der Waals surface area contributed by atoms with Crippen molar-refractivity contribution in [3.63, 3.8) is 0 Å². The van der Waals surface area contributed by atoms with Crippen LogP contribution in [-0.2, 0) is 14.4 Å². The fourth-order valence-electron chi connectivity index (χ4n) is 4.91. The van der Waals surface area contributed by atoms with Crippen LogP contribution in [0, 0.1) is 12.3 Å². The molecule has 1 saturated carbocycles. The maximum atomic E-state index is 14.5. The predicted octanol–water partition coefficient (Wildman–Crippen LogP) is 0.768. The van der Waals surface area contributed by atoms with Crippen LogP contribution in [0.5, 0.6) is 0 Å². The molecule has 1 aliphatic carbocycles. The Morgan fingerprint density at radius 2 is 1.85 bits per heavy atom. The number of carbonyl (C=O) groups is 3. The maximum absolute atomic E-state index is 14.5. The van der Waals surface area contributed by atoms with Gasteiger partial charge in [-0.3, -0.25) is 0 Å². The number of aliphatic hydroxyl groups excluding tert-OH is 1. The Labute approximate surface area is 256 Å². The number of β-amino-alcohol motifs (C(OH)–C–C–N with tert-alkyl or cyclic N) is 1. The van der Waals surface area contributed by atoms with Gasteiger partial charge in [0.1, 0.15) is 0 Å². The quantitative estimate of drug-likeness (QED) is 0.251. The number of aryl methyl sites for hydroxylation is 1. The van der Waals surface area contributed by atoms with Gasteiger partial charge in [0.25, 0.3) is 0 Å². The van der Waals surface area contributed by atoms with Crippen LogP contribution in [0.15, 0.2) is 29.8 Å². The molecule has 1 aromatic heterocycles. The van der Waals surface area contributed by atoms with E-state index >= 15 is 0 Å². The molecule has 8 nitrogen and oxygen atoms in total. The summed E-state index contributed by atoms with van der Waals surface area (Å²) >= 11 is 1.38. The average molecular weight is 700 g/mol. The van der Waals surface area contributed by atoms with Crippen molar-refractivity contribution in [3.8, 4) is 10.4 Å². The minimum atomic E-state index is -1.92. The molecule has 1 aliphatic heterocycles. The molecular weight excluding hydrogens is 658 g/mol. The van der Waals surface area contributed by atoms with Crippen LogP contribution in [-0.4, -0.2) is 71.5 Å². The summed E-state index contributed by atoms with van der Waals surface area (Å²) < 4.78 is 15.8. The van der Waals surface area contributed by atoms with E-state index < -0.39 is 41.1 Å². The van der Waals surface area contributed by atoms with E-state index in [0.29, 0.717) is 3.92 Å². The molecule has 41 heavy (non-hydrogen) atoms. The van der Waals surface area contributed by atoms with Gasteiger partial charge < -0.3 is 0 Å². The van der Waals surface area contributed by atoms with Gasteiger partial charge in [0.05, 0.1) is 0 Å². The Kier molecular flexibility index (Phi) is 9.80. The van der Waals surface area contributed by atoms with Gasteiger partial charge in [-0.05, 0) is 0 Å². The van der Waals surface area contributed by atoms with E-state index in [0.717, 1.165) is 26.1 Å². The number of rotatable bonds is 10. The number of benzene rings is 1. The summed E-state index contributed by atoms with van der Waals surface area (Å²) in [6, 6.07) is 6.01. The second-order valence-corrected chi connectivity index (χ2v) is 17.5. The molecule has 2 fully saturated rings.